The van der Waals surface area contributed by atoms with Crippen molar-refractivity contribution in [3.05, 3.63) is 58.6 Å². The van der Waals surface area contributed by atoms with Gasteiger partial charge < -0.3 is 10.1 Å². The Morgan fingerprint density at radius 1 is 1.12 bits per heavy atom. The van der Waals surface area contributed by atoms with Gasteiger partial charge in [0.05, 0.1) is 18.4 Å². The Morgan fingerprint density at radius 2 is 1.84 bits per heavy atom. The molecule has 0 unspecified atom stereocenters. The number of aromatic nitrogens is 2. The number of carbonyl (C=O) groups is 2. The van der Waals surface area contributed by atoms with Crippen molar-refractivity contribution < 1.29 is 22.7 Å². The first-order chi connectivity index (χ1) is 11.8. The van der Waals surface area contributed by atoms with Crippen LogP contribution in [0.3, 0.4) is 0 Å². The van der Waals surface area contributed by atoms with Gasteiger partial charge in [0.25, 0.3) is 0 Å². The van der Waals surface area contributed by atoms with Gasteiger partial charge in [0.2, 0.25) is 11.6 Å². The lowest BCUT2D eigenvalue weighted by atomic mass is 9.98. The predicted molar refractivity (Wildman–Crippen MR) is 89.2 cm³/mol. The number of hydrogen-bond acceptors (Lipinski definition) is 8. The lowest BCUT2D eigenvalue weighted by Crippen LogP contribution is -2.30. The Hall–Kier alpha value is -3.07. The van der Waals surface area contributed by atoms with Gasteiger partial charge in [0, 0.05) is 12.5 Å². The third-order valence-corrected chi connectivity index (χ3v) is 4.70. The highest BCUT2D eigenvalue weighted by molar-refractivity contribution is 7.95. The Balaban J connectivity index is 2.23. The Kier molecular flexibility index (Phi) is 4.09. The summed E-state index contributed by atoms with van der Waals surface area (Å²) in [6, 6.07) is 6.63. The van der Waals surface area contributed by atoms with Gasteiger partial charge in [-0.25, -0.2) is 18.4 Å². The first-order valence-electron chi connectivity index (χ1n) is 7.08. The number of nitrogens with one attached hydrogen (secondary N) is 1. The van der Waals surface area contributed by atoms with Crippen molar-refractivity contribution in [1.29, 1.82) is 0 Å². The van der Waals surface area contributed by atoms with Crippen molar-refractivity contribution in [3.8, 4) is 5.75 Å². The number of nitrogens with zero attached hydrogens (tertiary/aromatic N) is 2. The fourth-order valence-electron chi connectivity index (χ4n) is 2.49. The van der Waals surface area contributed by atoms with Crippen LogP contribution in [0.15, 0.2) is 47.4 Å². The van der Waals surface area contributed by atoms with E-state index in [1.807, 2.05) is 0 Å². The van der Waals surface area contributed by atoms with Crippen LogP contribution in [0.5, 0.6) is 5.75 Å². The highest BCUT2D eigenvalue weighted by atomic mass is 32.2. The maximum atomic E-state index is 12.8. The van der Waals surface area contributed by atoms with Crippen LogP contribution >= 0.6 is 0 Å². The predicted octanol–water partition coefficient (Wildman–Crippen LogP) is 1.23. The van der Waals surface area contributed by atoms with E-state index in [2.05, 4.69) is 15.3 Å². The number of hydrogen-bond donors (Lipinski definition) is 1. The lowest BCUT2D eigenvalue weighted by Gasteiger charge is -2.20. The number of allylic oxidation sites excluding steroid dienone is 2. The molecule has 1 aliphatic carbocycles. The van der Waals surface area contributed by atoms with Crippen LogP contribution in [0.1, 0.15) is 20.8 Å². The van der Waals surface area contributed by atoms with Gasteiger partial charge in [0.15, 0.2) is 9.84 Å². The highest BCUT2D eigenvalue weighted by Gasteiger charge is 2.39. The molecule has 0 bridgehead atoms. The monoisotopic (exact) mass is 359 g/mol. The number of methoxy groups -OCH3 is 1. The topological polar surface area (TPSA) is 115 Å². The molecule has 1 heterocycles. The van der Waals surface area contributed by atoms with Crippen molar-refractivity contribution in [1.82, 2.24) is 9.97 Å². The molecule has 0 saturated carbocycles. The number of rotatable bonds is 4. The quantitative estimate of drug-likeness (QED) is 0.867. The summed E-state index contributed by atoms with van der Waals surface area (Å²) in [6.07, 6.45) is 3.14. The second kappa shape index (κ2) is 6.10. The van der Waals surface area contributed by atoms with Crippen LogP contribution in [0.2, 0.25) is 0 Å². The summed E-state index contributed by atoms with van der Waals surface area (Å²) in [5.74, 6) is -1.14. The number of anilines is 1. The fraction of sp³-hybridized carbons (Fsp3) is 0.125. The molecule has 0 fully saturated rings. The maximum absolute atomic E-state index is 12.8. The summed E-state index contributed by atoms with van der Waals surface area (Å²) in [7, 11) is -2.56. The summed E-state index contributed by atoms with van der Waals surface area (Å²) < 4.78 is 29.5. The first kappa shape index (κ1) is 16.8. The summed E-state index contributed by atoms with van der Waals surface area (Å²) in [5, 5.41) is 2.73. The van der Waals surface area contributed by atoms with E-state index < -0.39 is 26.3 Å². The van der Waals surface area contributed by atoms with E-state index in [1.54, 1.807) is 24.3 Å². The largest absolute Gasteiger partial charge is 0.495 e. The number of para-hydroxylation sites is 2. The summed E-state index contributed by atoms with van der Waals surface area (Å²) in [6.45, 7) is 0. The zero-order chi connectivity index (χ0) is 18.2. The second-order valence-corrected chi connectivity index (χ2v) is 7.20. The molecule has 0 spiro atoms. The number of ketones is 2. The molecule has 0 atom stereocenters. The number of Topliss-reactive ketones (excluding diaryl/α,β-unsaturated/α-hetero) is 2. The van der Waals surface area contributed by atoms with Crippen molar-refractivity contribution >= 4 is 27.1 Å². The van der Waals surface area contributed by atoms with Gasteiger partial charge in [-0.1, -0.05) is 12.1 Å². The van der Waals surface area contributed by atoms with Crippen LogP contribution in [0, 0.1) is 0 Å². The highest BCUT2D eigenvalue weighted by Crippen LogP contribution is 2.31. The van der Waals surface area contributed by atoms with Crippen LogP contribution in [0.25, 0.3) is 0 Å². The smallest absolute Gasteiger partial charge is 0.225 e. The molecule has 1 aromatic carbocycles. The molecule has 8 nitrogen and oxygen atoms in total. The van der Waals surface area contributed by atoms with Crippen molar-refractivity contribution in [2.45, 2.75) is 0 Å². The van der Waals surface area contributed by atoms with E-state index in [0.29, 0.717) is 11.4 Å². The lowest BCUT2D eigenvalue weighted by molar-refractivity contribution is 0.0977. The Morgan fingerprint density at radius 3 is 2.52 bits per heavy atom. The van der Waals surface area contributed by atoms with Gasteiger partial charge in [-0.2, -0.15) is 0 Å². The molecular weight excluding hydrogens is 346 g/mol. The van der Waals surface area contributed by atoms with Crippen molar-refractivity contribution in [2.24, 2.45) is 0 Å². The number of carbonyl (C=O) groups excluding carboxylic acids is 2. The normalized spacial score (nSPS) is 14.3. The van der Waals surface area contributed by atoms with E-state index >= 15 is 0 Å². The van der Waals surface area contributed by atoms with Gasteiger partial charge in [-0.3, -0.25) is 9.59 Å². The molecule has 1 aliphatic rings. The van der Waals surface area contributed by atoms with Gasteiger partial charge >= 0.3 is 0 Å². The van der Waals surface area contributed by atoms with Crippen LogP contribution in [-0.4, -0.2) is 43.3 Å². The zero-order valence-corrected chi connectivity index (χ0v) is 14.1. The molecular formula is C16H13N3O5S. The molecule has 1 aromatic heterocycles. The maximum Gasteiger partial charge on any atom is 0.225 e. The number of benzene rings is 1. The molecule has 1 N–H and O–H groups in total. The van der Waals surface area contributed by atoms with Crippen LogP contribution in [0.4, 0.5) is 5.69 Å². The third-order valence-electron chi connectivity index (χ3n) is 3.57. The van der Waals surface area contributed by atoms with Gasteiger partial charge in [0.1, 0.15) is 28.4 Å². The Labute approximate surface area is 143 Å². The summed E-state index contributed by atoms with van der Waals surface area (Å²) in [5.41, 5.74) is -0.287. The van der Waals surface area contributed by atoms with E-state index in [4.69, 9.17) is 4.74 Å². The molecule has 0 radical (unpaired) electrons. The number of ether oxygens (including phenoxy) is 1. The zero-order valence-electron chi connectivity index (χ0n) is 13.3. The summed E-state index contributed by atoms with van der Waals surface area (Å²) in [4.78, 5) is 32.2. The van der Waals surface area contributed by atoms with E-state index in [-0.39, 0.29) is 17.0 Å². The minimum Gasteiger partial charge on any atom is -0.495 e. The fourth-order valence-corrected chi connectivity index (χ4v) is 3.43. The van der Waals surface area contributed by atoms with E-state index in [9.17, 15) is 18.0 Å². The molecule has 0 aliphatic heterocycles. The molecule has 2 aromatic rings. The first-order valence-corrected chi connectivity index (χ1v) is 8.97. The number of fused-ring (bicyclic) bond motifs is 1. The minimum atomic E-state index is -3.99. The van der Waals surface area contributed by atoms with E-state index in [1.165, 1.54) is 13.3 Å². The summed E-state index contributed by atoms with van der Waals surface area (Å²) >= 11 is 0. The average Bonchev–Trinajstić information content (AvgIpc) is 2.59. The third kappa shape index (κ3) is 2.89. The Bertz CT molecular complexity index is 1030. The van der Waals surface area contributed by atoms with Crippen LogP contribution < -0.4 is 10.1 Å². The average molecular weight is 359 g/mol. The standard InChI is InChI=1S/C16H13N3O5S/c1-24-11-6-4-3-5-10(11)19-13-14(20)9-7-17-8-18-12(9)15(21)16(13)25(2,22)23/h3-8,19H,1-2H3. The molecule has 25 heavy (non-hydrogen) atoms. The molecule has 0 amide bonds. The number of sulfone groups is 1. The van der Waals surface area contributed by atoms with Crippen molar-refractivity contribution in [2.75, 3.05) is 18.7 Å². The van der Waals surface area contributed by atoms with Crippen molar-refractivity contribution in [3.63, 3.8) is 0 Å². The molecule has 0 saturated heterocycles. The molecule has 9 heteroatoms. The molecule has 128 valence electrons. The van der Waals surface area contributed by atoms with Gasteiger partial charge in [-0.15, -0.1) is 0 Å². The van der Waals surface area contributed by atoms with E-state index in [0.717, 1.165) is 12.6 Å². The van der Waals surface area contributed by atoms with Crippen LogP contribution in [-0.2, 0) is 9.84 Å². The van der Waals surface area contributed by atoms with Gasteiger partial charge in [-0.05, 0) is 12.1 Å². The SMILES string of the molecule is COc1ccccc1NC1=C(S(C)(=O)=O)C(=O)c2ncncc2C1=O. The molecule has 3 rings (SSSR count). The second-order valence-electron chi connectivity index (χ2n) is 5.24. The minimum absolute atomic E-state index is 0.0581.